The summed E-state index contributed by atoms with van der Waals surface area (Å²) in [6, 6.07) is 19.4. The van der Waals surface area contributed by atoms with Gasteiger partial charge in [0.15, 0.2) is 0 Å². The third kappa shape index (κ3) is 1.84. The van der Waals surface area contributed by atoms with Crippen LogP contribution in [0.4, 0.5) is 0 Å². The zero-order chi connectivity index (χ0) is 13.4. The second-order valence-electron chi connectivity index (χ2n) is 5.48. The maximum atomic E-state index is 3.66. The number of aromatic nitrogens is 1. The smallest absolute Gasteiger partial charge is 0.0459 e. The van der Waals surface area contributed by atoms with E-state index in [0.717, 1.165) is 19.5 Å². The van der Waals surface area contributed by atoms with Gasteiger partial charge < -0.3 is 10.3 Å². The lowest BCUT2D eigenvalue weighted by Crippen LogP contribution is -2.21. The van der Waals surface area contributed by atoms with Crippen LogP contribution in [0.2, 0.25) is 0 Å². The van der Waals surface area contributed by atoms with Crippen molar-refractivity contribution >= 4 is 10.9 Å². The van der Waals surface area contributed by atoms with Crippen molar-refractivity contribution in [2.24, 2.45) is 0 Å². The van der Waals surface area contributed by atoms with Crippen LogP contribution in [0.3, 0.4) is 0 Å². The average Bonchev–Trinajstić information content (AvgIpc) is 2.74. The van der Waals surface area contributed by atoms with E-state index in [2.05, 4.69) is 64.9 Å². The fourth-order valence-electron chi connectivity index (χ4n) is 3.32. The van der Waals surface area contributed by atoms with Gasteiger partial charge in [-0.15, -0.1) is 0 Å². The first-order valence-electron chi connectivity index (χ1n) is 7.28. The van der Waals surface area contributed by atoms with Crippen LogP contribution in [0.25, 0.3) is 10.9 Å². The molecule has 0 amide bonds. The Morgan fingerprint density at radius 2 is 1.70 bits per heavy atom. The number of nitrogens with one attached hydrogen (secondary N) is 2. The molecule has 0 aliphatic carbocycles. The van der Waals surface area contributed by atoms with Gasteiger partial charge in [0.1, 0.15) is 0 Å². The molecule has 2 heteroatoms. The molecule has 2 N–H and O–H groups in total. The molecule has 3 aromatic rings. The molecule has 1 atom stereocenters. The van der Waals surface area contributed by atoms with E-state index >= 15 is 0 Å². The SMILES string of the molecule is c1ccc([C@H]2CNCCc3c2[nH]c2ccccc32)cc1. The first kappa shape index (κ1) is 11.7. The molecule has 0 radical (unpaired) electrons. The molecule has 100 valence electrons. The van der Waals surface area contributed by atoms with Gasteiger partial charge >= 0.3 is 0 Å². The number of rotatable bonds is 1. The van der Waals surface area contributed by atoms with E-state index < -0.39 is 0 Å². The van der Waals surface area contributed by atoms with Gasteiger partial charge in [0, 0.05) is 29.1 Å². The monoisotopic (exact) mass is 262 g/mol. The lowest BCUT2D eigenvalue weighted by molar-refractivity contribution is 0.658. The van der Waals surface area contributed by atoms with Crippen LogP contribution in [0.5, 0.6) is 0 Å². The molecule has 1 aliphatic heterocycles. The minimum absolute atomic E-state index is 0.418. The van der Waals surface area contributed by atoms with Gasteiger partial charge in [-0.1, -0.05) is 48.5 Å². The topological polar surface area (TPSA) is 27.8 Å². The van der Waals surface area contributed by atoms with Crippen LogP contribution < -0.4 is 5.32 Å². The fraction of sp³-hybridized carbons (Fsp3) is 0.222. The van der Waals surface area contributed by atoms with Crippen LogP contribution in [0.1, 0.15) is 22.7 Å². The number of hydrogen-bond acceptors (Lipinski definition) is 1. The van der Waals surface area contributed by atoms with Gasteiger partial charge in [-0.25, -0.2) is 0 Å². The minimum Gasteiger partial charge on any atom is -0.358 e. The lowest BCUT2D eigenvalue weighted by Gasteiger charge is -2.15. The Balaban J connectivity index is 1.91. The molecule has 0 bridgehead atoms. The van der Waals surface area contributed by atoms with Crippen molar-refractivity contribution in [2.45, 2.75) is 12.3 Å². The molecule has 0 spiro atoms. The highest BCUT2D eigenvalue weighted by atomic mass is 14.9. The molecule has 0 fully saturated rings. The Morgan fingerprint density at radius 1 is 0.900 bits per heavy atom. The van der Waals surface area contributed by atoms with E-state index in [1.54, 1.807) is 0 Å². The van der Waals surface area contributed by atoms with Gasteiger partial charge in [-0.2, -0.15) is 0 Å². The number of H-pyrrole nitrogens is 1. The first-order chi connectivity index (χ1) is 9.93. The van der Waals surface area contributed by atoms with Crippen molar-refractivity contribution in [1.82, 2.24) is 10.3 Å². The fourth-order valence-corrected chi connectivity index (χ4v) is 3.32. The van der Waals surface area contributed by atoms with Crippen molar-refractivity contribution < 1.29 is 0 Å². The van der Waals surface area contributed by atoms with Gasteiger partial charge in [-0.05, 0) is 30.2 Å². The highest BCUT2D eigenvalue weighted by molar-refractivity contribution is 5.85. The summed E-state index contributed by atoms with van der Waals surface area (Å²) >= 11 is 0. The molecule has 2 aromatic carbocycles. The van der Waals surface area contributed by atoms with Crippen LogP contribution in [0, 0.1) is 0 Å². The number of fused-ring (bicyclic) bond motifs is 3. The Labute approximate surface area is 118 Å². The van der Waals surface area contributed by atoms with E-state index in [1.807, 2.05) is 0 Å². The van der Waals surface area contributed by atoms with E-state index in [9.17, 15) is 0 Å². The van der Waals surface area contributed by atoms with Crippen molar-refractivity contribution in [3.63, 3.8) is 0 Å². The van der Waals surface area contributed by atoms with Gasteiger partial charge in [0.25, 0.3) is 0 Å². The van der Waals surface area contributed by atoms with E-state index in [4.69, 9.17) is 0 Å². The Bertz CT molecular complexity index is 728. The van der Waals surface area contributed by atoms with Crippen molar-refractivity contribution in [3.05, 3.63) is 71.4 Å². The summed E-state index contributed by atoms with van der Waals surface area (Å²) in [5, 5.41) is 4.96. The molecule has 2 heterocycles. The van der Waals surface area contributed by atoms with Crippen LogP contribution in [-0.4, -0.2) is 18.1 Å². The molecule has 0 unspecified atom stereocenters. The van der Waals surface area contributed by atoms with Crippen LogP contribution in [-0.2, 0) is 6.42 Å². The van der Waals surface area contributed by atoms with Crippen molar-refractivity contribution in [3.8, 4) is 0 Å². The largest absolute Gasteiger partial charge is 0.358 e. The quantitative estimate of drug-likeness (QED) is 0.690. The zero-order valence-corrected chi connectivity index (χ0v) is 11.4. The zero-order valence-electron chi connectivity index (χ0n) is 11.4. The number of benzene rings is 2. The summed E-state index contributed by atoms with van der Waals surface area (Å²) in [5.41, 5.74) is 5.52. The molecule has 20 heavy (non-hydrogen) atoms. The number of para-hydroxylation sites is 1. The predicted octanol–water partition coefficient (Wildman–Crippen LogP) is 3.45. The summed E-state index contributed by atoms with van der Waals surface area (Å²) < 4.78 is 0. The Morgan fingerprint density at radius 3 is 2.60 bits per heavy atom. The average molecular weight is 262 g/mol. The summed E-state index contributed by atoms with van der Waals surface area (Å²) in [6.45, 7) is 2.06. The molecule has 0 saturated carbocycles. The lowest BCUT2D eigenvalue weighted by atomic mass is 9.93. The van der Waals surface area contributed by atoms with Gasteiger partial charge in [0.2, 0.25) is 0 Å². The van der Waals surface area contributed by atoms with Gasteiger partial charge in [0.05, 0.1) is 0 Å². The standard InChI is InChI=1S/C18H18N2/c1-2-6-13(7-3-1)16-12-19-11-10-15-14-8-4-5-9-17(14)20-18(15)16/h1-9,16,19-20H,10-12H2/t16-/m1/s1. The molecule has 1 aromatic heterocycles. The van der Waals surface area contributed by atoms with Crippen LogP contribution in [0.15, 0.2) is 54.6 Å². The van der Waals surface area contributed by atoms with E-state index in [-0.39, 0.29) is 0 Å². The number of hydrogen-bond donors (Lipinski definition) is 2. The van der Waals surface area contributed by atoms with E-state index in [1.165, 1.54) is 27.7 Å². The minimum atomic E-state index is 0.418. The maximum Gasteiger partial charge on any atom is 0.0459 e. The molecule has 2 nitrogen and oxygen atoms in total. The van der Waals surface area contributed by atoms with Crippen LogP contribution >= 0.6 is 0 Å². The Kier molecular flexibility index (Phi) is 2.82. The summed E-state index contributed by atoms with van der Waals surface area (Å²) in [7, 11) is 0. The summed E-state index contributed by atoms with van der Waals surface area (Å²) in [4.78, 5) is 3.66. The second kappa shape index (κ2) is 4.80. The van der Waals surface area contributed by atoms with Gasteiger partial charge in [-0.3, -0.25) is 0 Å². The second-order valence-corrected chi connectivity index (χ2v) is 5.48. The molecular formula is C18H18N2. The molecule has 0 saturated heterocycles. The number of aromatic amines is 1. The molecular weight excluding hydrogens is 244 g/mol. The highest BCUT2D eigenvalue weighted by Crippen LogP contribution is 2.33. The van der Waals surface area contributed by atoms with Crippen molar-refractivity contribution in [1.29, 1.82) is 0 Å². The Hall–Kier alpha value is -2.06. The third-order valence-corrected chi connectivity index (χ3v) is 4.30. The van der Waals surface area contributed by atoms with E-state index in [0.29, 0.717) is 5.92 Å². The summed E-state index contributed by atoms with van der Waals surface area (Å²) in [6.07, 6.45) is 1.10. The molecule has 1 aliphatic rings. The summed E-state index contributed by atoms with van der Waals surface area (Å²) in [5.74, 6) is 0.418. The maximum absolute atomic E-state index is 3.66. The normalized spacial score (nSPS) is 18.7. The highest BCUT2D eigenvalue weighted by Gasteiger charge is 2.23. The molecule has 4 rings (SSSR count). The third-order valence-electron chi connectivity index (χ3n) is 4.30. The van der Waals surface area contributed by atoms with Crippen molar-refractivity contribution in [2.75, 3.05) is 13.1 Å². The predicted molar refractivity (Wildman–Crippen MR) is 83.2 cm³/mol. The first-order valence-corrected chi connectivity index (χ1v) is 7.28.